The van der Waals surface area contributed by atoms with Crippen LogP contribution >= 0.6 is 11.8 Å². The maximum absolute atomic E-state index is 13.1. The number of amides is 1. The standard InChI is InChI=1S/C19H19F3N2O2S/c1-27-15-5-2-13(3-6-15)18(25)23-16-12-14(19(20,21)22)4-7-17(16)24-8-10-26-11-9-24/h2-7,12H,8-11H2,1H3,(H,23,25). The topological polar surface area (TPSA) is 41.6 Å². The molecule has 3 rings (SSSR count). The van der Waals surface area contributed by atoms with Crippen LogP contribution in [0, 0.1) is 0 Å². The van der Waals surface area contributed by atoms with E-state index in [0.29, 0.717) is 37.6 Å². The van der Waals surface area contributed by atoms with Crippen molar-refractivity contribution in [3.05, 3.63) is 53.6 Å². The van der Waals surface area contributed by atoms with E-state index in [9.17, 15) is 18.0 Å². The summed E-state index contributed by atoms with van der Waals surface area (Å²) in [6.45, 7) is 2.09. The minimum Gasteiger partial charge on any atom is -0.378 e. The molecule has 8 heteroatoms. The van der Waals surface area contributed by atoms with Gasteiger partial charge in [0.1, 0.15) is 0 Å². The van der Waals surface area contributed by atoms with Gasteiger partial charge in [-0.25, -0.2) is 0 Å². The minimum atomic E-state index is -4.48. The molecule has 2 aromatic carbocycles. The van der Waals surface area contributed by atoms with Gasteiger partial charge in [-0.2, -0.15) is 13.2 Å². The van der Waals surface area contributed by atoms with Gasteiger partial charge in [0.25, 0.3) is 5.91 Å². The molecule has 1 heterocycles. The first-order chi connectivity index (χ1) is 12.9. The normalized spacial score (nSPS) is 14.9. The molecule has 1 N–H and O–H groups in total. The van der Waals surface area contributed by atoms with Crippen molar-refractivity contribution in [3.8, 4) is 0 Å². The molecule has 27 heavy (non-hydrogen) atoms. The van der Waals surface area contributed by atoms with Crippen molar-refractivity contribution in [1.82, 2.24) is 0 Å². The van der Waals surface area contributed by atoms with Crippen LogP contribution in [0.3, 0.4) is 0 Å². The third-order valence-electron chi connectivity index (χ3n) is 4.28. The summed E-state index contributed by atoms with van der Waals surface area (Å²) in [5.41, 5.74) is 0.289. The van der Waals surface area contributed by atoms with E-state index < -0.39 is 17.6 Å². The lowest BCUT2D eigenvalue weighted by Gasteiger charge is -2.31. The van der Waals surface area contributed by atoms with E-state index in [1.54, 1.807) is 36.0 Å². The van der Waals surface area contributed by atoms with Crippen LogP contribution in [0.2, 0.25) is 0 Å². The summed E-state index contributed by atoms with van der Waals surface area (Å²) in [5.74, 6) is -0.448. The van der Waals surface area contributed by atoms with Crippen LogP contribution in [0.1, 0.15) is 15.9 Å². The fourth-order valence-corrected chi connectivity index (χ4v) is 3.24. The van der Waals surface area contributed by atoms with Gasteiger partial charge in [0.2, 0.25) is 0 Å². The summed E-state index contributed by atoms with van der Waals surface area (Å²) in [4.78, 5) is 15.5. The number of ether oxygens (including phenoxy) is 1. The molecule has 1 fully saturated rings. The van der Waals surface area contributed by atoms with Crippen LogP contribution in [-0.2, 0) is 10.9 Å². The molecule has 1 aliphatic rings. The van der Waals surface area contributed by atoms with Crippen molar-refractivity contribution >= 4 is 29.0 Å². The third-order valence-corrected chi connectivity index (χ3v) is 5.02. The molecule has 144 valence electrons. The van der Waals surface area contributed by atoms with E-state index >= 15 is 0 Å². The molecule has 4 nitrogen and oxygen atoms in total. The van der Waals surface area contributed by atoms with Crippen LogP contribution in [-0.4, -0.2) is 38.5 Å². The van der Waals surface area contributed by atoms with Crippen LogP contribution in [0.5, 0.6) is 0 Å². The SMILES string of the molecule is CSc1ccc(C(=O)Nc2cc(C(F)(F)F)ccc2N2CCOCC2)cc1. The number of carbonyl (C=O) groups is 1. The molecule has 2 aromatic rings. The van der Waals surface area contributed by atoms with Gasteiger partial charge in [0.15, 0.2) is 0 Å². The zero-order chi connectivity index (χ0) is 19.4. The predicted molar refractivity (Wildman–Crippen MR) is 101 cm³/mol. The highest BCUT2D eigenvalue weighted by Crippen LogP contribution is 2.36. The van der Waals surface area contributed by atoms with E-state index in [1.165, 1.54) is 6.07 Å². The maximum Gasteiger partial charge on any atom is 0.416 e. The average Bonchev–Trinajstić information content (AvgIpc) is 2.68. The van der Waals surface area contributed by atoms with Crippen molar-refractivity contribution in [3.63, 3.8) is 0 Å². The van der Waals surface area contributed by atoms with Crippen LogP contribution < -0.4 is 10.2 Å². The number of hydrogen-bond donors (Lipinski definition) is 1. The van der Waals surface area contributed by atoms with Gasteiger partial charge < -0.3 is 15.0 Å². The fourth-order valence-electron chi connectivity index (χ4n) is 2.83. The number of alkyl halides is 3. The molecular weight excluding hydrogens is 377 g/mol. The zero-order valence-electron chi connectivity index (χ0n) is 14.7. The Balaban J connectivity index is 1.91. The quantitative estimate of drug-likeness (QED) is 0.772. The summed E-state index contributed by atoms with van der Waals surface area (Å²) in [7, 11) is 0. The van der Waals surface area contributed by atoms with Gasteiger partial charge in [0, 0.05) is 23.5 Å². The Hall–Kier alpha value is -2.19. The van der Waals surface area contributed by atoms with Gasteiger partial charge in [0.05, 0.1) is 30.2 Å². The smallest absolute Gasteiger partial charge is 0.378 e. The largest absolute Gasteiger partial charge is 0.416 e. The Morgan fingerprint density at radius 1 is 1.11 bits per heavy atom. The summed E-state index contributed by atoms with van der Waals surface area (Å²) >= 11 is 1.54. The number of thioether (sulfide) groups is 1. The molecule has 1 aliphatic heterocycles. The lowest BCUT2D eigenvalue weighted by molar-refractivity contribution is -0.137. The number of nitrogens with one attached hydrogen (secondary N) is 1. The predicted octanol–water partition coefficient (Wildman–Crippen LogP) is 4.52. The molecule has 0 aliphatic carbocycles. The second-order valence-electron chi connectivity index (χ2n) is 6.01. The molecule has 0 radical (unpaired) electrons. The highest BCUT2D eigenvalue weighted by Gasteiger charge is 2.32. The van der Waals surface area contributed by atoms with Crippen molar-refractivity contribution in [2.45, 2.75) is 11.1 Å². The summed E-state index contributed by atoms with van der Waals surface area (Å²) in [6.07, 6.45) is -2.56. The maximum atomic E-state index is 13.1. The highest BCUT2D eigenvalue weighted by molar-refractivity contribution is 7.98. The number of benzene rings is 2. The lowest BCUT2D eigenvalue weighted by atomic mass is 10.1. The van der Waals surface area contributed by atoms with Gasteiger partial charge in [-0.05, 0) is 48.7 Å². The Morgan fingerprint density at radius 3 is 2.37 bits per heavy atom. The molecule has 1 saturated heterocycles. The van der Waals surface area contributed by atoms with Crippen LogP contribution in [0.4, 0.5) is 24.5 Å². The molecule has 0 spiro atoms. The van der Waals surface area contributed by atoms with E-state index in [1.807, 2.05) is 11.2 Å². The summed E-state index contributed by atoms with van der Waals surface area (Å²) in [6, 6.07) is 10.3. The second kappa shape index (κ2) is 8.22. The number of halogens is 3. The summed E-state index contributed by atoms with van der Waals surface area (Å²) in [5, 5.41) is 2.65. The number of hydrogen-bond acceptors (Lipinski definition) is 4. The minimum absolute atomic E-state index is 0.144. The molecule has 0 aromatic heterocycles. The van der Waals surface area contributed by atoms with Crippen LogP contribution in [0.15, 0.2) is 47.4 Å². The van der Waals surface area contributed by atoms with Gasteiger partial charge in [-0.1, -0.05) is 0 Å². The molecule has 0 unspecified atom stereocenters. The highest BCUT2D eigenvalue weighted by atomic mass is 32.2. The van der Waals surface area contributed by atoms with E-state index in [0.717, 1.165) is 17.0 Å². The number of anilines is 2. The first kappa shape index (κ1) is 19.6. The third kappa shape index (κ3) is 4.75. The number of nitrogens with zero attached hydrogens (tertiary/aromatic N) is 1. The number of morpholine rings is 1. The first-order valence-electron chi connectivity index (χ1n) is 8.38. The van der Waals surface area contributed by atoms with Crippen LogP contribution in [0.25, 0.3) is 0 Å². The zero-order valence-corrected chi connectivity index (χ0v) is 15.5. The number of rotatable bonds is 4. The number of carbonyl (C=O) groups excluding carboxylic acids is 1. The average molecular weight is 396 g/mol. The van der Waals surface area contributed by atoms with Crippen molar-refractivity contribution < 1.29 is 22.7 Å². The van der Waals surface area contributed by atoms with E-state index in [-0.39, 0.29) is 5.69 Å². The Labute approximate surface area is 159 Å². The second-order valence-corrected chi connectivity index (χ2v) is 6.89. The Kier molecular flexibility index (Phi) is 5.96. The summed E-state index contributed by atoms with van der Waals surface area (Å²) < 4.78 is 44.7. The van der Waals surface area contributed by atoms with Crippen molar-refractivity contribution in [1.29, 1.82) is 0 Å². The Bertz CT molecular complexity index is 804. The van der Waals surface area contributed by atoms with Gasteiger partial charge >= 0.3 is 6.18 Å². The van der Waals surface area contributed by atoms with Crippen molar-refractivity contribution in [2.75, 3.05) is 42.8 Å². The molecular formula is C19H19F3N2O2S. The molecule has 0 atom stereocenters. The molecule has 1 amide bonds. The first-order valence-corrected chi connectivity index (χ1v) is 9.60. The Morgan fingerprint density at radius 2 is 1.78 bits per heavy atom. The van der Waals surface area contributed by atoms with Gasteiger partial charge in [-0.3, -0.25) is 4.79 Å². The van der Waals surface area contributed by atoms with E-state index in [2.05, 4.69) is 5.32 Å². The monoisotopic (exact) mass is 396 g/mol. The van der Waals surface area contributed by atoms with Crippen molar-refractivity contribution in [2.24, 2.45) is 0 Å². The molecule has 0 saturated carbocycles. The lowest BCUT2D eigenvalue weighted by Crippen LogP contribution is -2.36. The fraction of sp³-hybridized carbons (Fsp3) is 0.316. The van der Waals surface area contributed by atoms with E-state index in [4.69, 9.17) is 4.74 Å². The van der Waals surface area contributed by atoms with Gasteiger partial charge in [-0.15, -0.1) is 11.8 Å². The molecule has 0 bridgehead atoms.